The van der Waals surface area contributed by atoms with Crippen molar-refractivity contribution in [3.8, 4) is 11.5 Å². The van der Waals surface area contributed by atoms with Crippen LogP contribution in [-0.4, -0.2) is 47.5 Å². The molecule has 0 unspecified atom stereocenters. The minimum atomic E-state index is -1.12. The molecule has 1 aliphatic carbocycles. The Morgan fingerprint density at radius 1 is 1.42 bits per heavy atom. The van der Waals surface area contributed by atoms with Gasteiger partial charge in [-0.1, -0.05) is 0 Å². The molecule has 2 saturated heterocycles. The number of ether oxygens (including phenoxy) is 3. The topological polar surface area (TPSA) is 88.5 Å². The summed E-state index contributed by atoms with van der Waals surface area (Å²) in [6.45, 7) is 0.297. The molecule has 0 amide bonds. The van der Waals surface area contributed by atoms with E-state index >= 15 is 0 Å². The molecule has 2 heterocycles. The fourth-order valence-corrected chi connectivity index (χ4v) is 3.25. The van der Waals surface area contributed by atoms with Crippen molar-refractivity contribution in [2.24, 2.45) is 0 Å². The van der Waals surface area contributed by atoms with E-state index in [-0.39, 0.29) is 30.3 Å². The van der Waals surface area contributed by atoms with Crippen LogP contribution in [0.15, 0.2) is 12.1 Å². The van der Waals surface area contributed by atoms with Gasteiger partial charge in [0.2, 0.25) is 5.78 Å². The number of carbonyl (C=O) groups excluding carboxylic acids is 1. The number of ketones is 1. The molecule has 4 rings (SSSR count). The van der Waals surface area contributed by atoms with Crippen molar-refractivity contribution in [2.75, 3.05) is 20.3 Å². The minimum absolute atomic E-state index is 0.104. The third-order valence-corrected chi connectivity index (χ3v) is 4.31. The molecule has 3 aliphatic rings. The number of aliphatic hydroxyl groups excluding tert-OH is 1. The van der Waals surface area contributed by atoms with Gasteiger partial charge in [-0.3, -0.25) is 4.79 Å². The van der Waals surface area contributed by atoms with Crippen molar-refractivity contribution < 1.29 is 29.2 Å². The van der Waals surface area contributed by atoms with Crippen LogP contribution in [0.25, 0.3) is 0 Å². The quantitative estimate of drug-likeness (QED) is 0.703. The maximum absolute atomic E-state index is 12.5. The Hall–Kier alpha value is -1.63. The van der Waals surface area contributed by atoms with E-state index in [1.165, 1.54) is 13.2 Å². The number of epoxide rings is 1. The van der Waals surface area contributed by atoms with Gasteiger partial charge in [0.15, 0.2) is 11.2 Å². The fourth-order valence-electron chi connectivity index (χ4n) is 3.25. The fraction of sp³-hybridized carbons (Fsp3) is 0.462. The summed E-state index contributed by atoms with van der Waals surface area (Å²) in [5, 5.41) is 20.5. The largest absolute Gasteiger partial charge is 0.507 e. The monoisotopic (exact) mass is 264 g/mol. The van der Waals surface area contributed by atoms with Gasteiger partial charge >= 0.3 is 0 Å². The zero-order valence-corrected chi connectivity index (χ0v) is 10.2. The van der Waals surface area contributed by atoms with E-state index in [9.17, 15) is 15.0 Å². The van der Waals surface area contributed by atoms with Crippen LogP contribution in [-0.2, 0) is 9.47 Å². The molecular formula is C13H12O6. The summed E-state index contributed by atoms with van der Waals surface area (Å²) in [5.74, 6) is -0.152. The molecule has 2 aliphatic heterocycles. The number of phenols is 1. The number of fused-ring (bicyclic) bond motifs is 1. The number of aliphatic hydroxyl groups is 1. The molecule has 6 nitrogen and oxygen atoms in total. The summed E-state index contributed by atoms with van der Waals surface area (Å²) in [6.07, 6.45) is -1.01. The van der Waals surface area contributed by atoms with Crippen LogP contribution in [0, 0.1) is 0 Å². The molecular weight excluding hydrogens is 252 g/mol. The van der Waals surface area contributed by atoms with Crippen molar-refractivity contribution in [1.82, 2.24) is 0 Å². The number of rotatable bonds is 1. The second-order valence-electron chi connectivity index (χ2n) is 5.15. The molecule has 2 fully saturated rings. The average molecular weight is 264 g/mol. The highest BCUT2D eigenvalue weighted by molar-refractivity contribution is 6.11. The van der Waals surface area contributed by atoms with Crippen molar-refractivity contribution >= 4 is 5.78 Å². The van der Waals surface area contributed by atoms with E-state index < -0.39 is 17.3 Å². The normalized spacial score (nSPS) is 38.4. The molecule has 0 bridgehead atoms. The predicted octanol–water partition coefficient (Wildman–Crippen LogP) is 0.168. The number of carbonyl (C=O) groups is 1. The van der Waals surface area contributed by atoms with Crippen LogP contribution >= 0.6 is 0 Å². The van der Waals surface area contributed by atoms with Gasteiger partial charge in [-0.2, -0.15) is 0 Å². The molecule has 100 valence electrons. The van der Waals surface area contributed by atoms with E-state index in [0.29, 0.717) is 11.3 Å². The lowest BCUT2D eigenvalue weighted by Crippen LogP contribution is -2.42. The van der Waals surface area contributed by atoms with Crippen molar-refractivity contribution in [3.05, 3.63) is 23.3 Å². The van der Waals surface area contributed by atoms with Crippen molar-refractivity contribution in [3.63, 3.8) is 0 Å². The Balaban J connectivity index is 1.97. The SMILES string of the molecule is COc1cc(O)c2c(c1)[C@@H](O)[C@@]13COC[C@@]1(O3)C2=O. The maximum atomic E-state index is 12.5. The van der Waals surface area contributed by atoms with Crippen LogP contribution < -0.4 is 4.74 Å². The Morgan fingerprint density at radius 2 is 2.21 bits per heavy atom. The lowest BCUT2D eigenvalue weighted by Gasteiger charge is -2.26. The molecule has 0 spiro atoms. The summed E-state index contributed by atoms with van der Waals surface area (Å²) in [4.78, 5) is 12.5. The number of Topliss-reactive ketones (excluding diaryl/α,β-unsaturated/α-hetero) is 1. The second kappa shape index (κ2) is 3.09. The number of hydrogen-bond acceptors (Lipinski definition) is 6. The van der Waals surface area contributed by atoms with Crippen LogP contribution in [0.1, 0.15) is 22.0 Å². The van der Waals surface area contributed by atoms with Gasteiger partial charge in [0, 0.05) is 11.6 Å². The Kier molecular flexibility index (Phi) is 1.83. The molecule has 0 aromatic heterocycles. The lowest BCUT2D eigenvalue weighted by atomic mass is 9.74. The summed E-state index contributed by atoms with van der Waals surface area (Å²) in [7, 11) is 1.45. The lowest BCUT2D eigenvalue weighted by molar-refractivity contribution is 0.00283. The van der Waals surface area contributed by atoms with Gasteiger partial charge in [0.1, 0.15) is 17.6 Å². The van der Waals surface area contributed by atoms with Gasteiger partial charge in [0.05, 0.1) is 25.9 Å². The minimum Gasteiger partial charge on any atom is -0.507 e. The summed E-state index contributed by atoms with van der Waals surface area (Å²) >= 11 is 0. The molecule has 0 radical (unpaired) electrons. The number of methoxy groups -OCH3 is 1. The second-order valence-corrected chi connectivity index (χ2v) is 5.15. The van der Waals surface area contributed by atoms with E-state index in [2.05, 4.69) is 0 Å². The van der Waals surface area contributed by atoms with Crippen LogP contribution in [0.5, 0.6) is 11.5 Å². The molecule has 3 atom stereocenters. The average Bonchev–Trinajstić information content (AvgIpc) is 2.94. The summed E-state index contributed by atoms with van der Waals surface area (Å²) in [6, 6.07) is 2.90. The third kappa shape index (κ3) is 1.03. The van der Waals surface area contributed by atoms with Gasteiger partial charge in [-0.25, -0.2) is 0 Å². The molecule has 1 aromatic carbocycles. The molecule has 19 heavy (non-hydrogen) atoms. The zero-order chi connectivity index (χ0) is 13.4. The van der Waals surface area contributed by atoms with Gasteiger partial charge in [-0.15, -0.1) is 0 Å². The number of hydrogen-bond donors (Lipinski definition) is 2. The standard InChI is InChI=1S/C13H12O6/c1-17-6-2-7-9(8(14)3-6)11(16)13-5-18-4-12(13,19-13)10(7)15/h2-3,10,14-15H,4-5H2,1H3/t10-,12+,13-/m1/s1. The van der Waals surface area contributed by atoms with Crippen molar-refractivity contribution in [2.45, 2.75) is 17.3 Å². The molecule has 6 heteroatoms. The van der Waals surface area contributed by atoms with E-state index in [0.717, 1.165) is 0 Å². The first kappa shape index (κ1) is 11.2. The highest BCUT2D eigenvalue weighted by Gasteiger charge is 2.83. The molecule has 1 aromatic rings. The first-order valence-electron chi connectivity index (χ1n) is 5.97. The zero-order valence-electron chi connectivity index (χ0n) is 10.2. The maximum Gasteiger partial charge on any atom is 0.204 e. The Morgan fingerprint density at radius 3 is 2.95 bits per heavy atom. The predicted molar refractivity (Wildman–Crippen MR) is 61.3 cm³/mol. The number of phenolic OH excluding ortho intramolecular Hbond substituents is 1. The third-order valence-electron chi connectivity index (χ3n) is 4.31. The van der Waals surface area contributed by atoms with Gasteiger partial charge in [0.25, 0.3) is 0 Å². The highest BCUT2D eigenvalue weighted by atomic mass is 16.7. The first-order chi connectivity index (χ1) is 9.06. The van der Waals surface area contributed by atoms with Crippen LogP contribution in [0.2, 0.25) is 0 Å². The summed E-state index contributed by atoms with van der Waals surface area (Å²) in [5.41, 5.74) is -1.67. The number of benzene rings is 1. The van der Waals surface area contributed by atoms with Gasteiger partial charge < -0.3 is 24.4 Å². The smallest absolute Gasteiger partial charge is 0.204 e. The Labute approximate surface area is 108 Å². The highest BCUT2D eigenvalue weighted by Crippen LogP contribution is 2.64. The van der Waals surface area contributed by atoms with E-state index in [1.807, 2.05) is 0 Å². The summed E-state index contributed by atoms with van der Waals surface area (Å²) < 4.78 is 15.9. The van der Waals surface area contributed by atoms with Crippen LogP contribution in [0.4, 0.5) is 0 Å². The number of aromatic hydroxyl groups is 1. The van der Waals surface area contributed by atoms with Crippen molar-refractivity contribution in [1.29, 1.82) is 0 Å². The first-order valence-corrected chi connectivity index (χ1v) is 5.97. The van der Waals surface area contributed by atoms with Gasteiger partial charge in [-0.05, 0) is 6.07 Å². The van der Waals surface area contributed by atoms with E-state index in [4.69, 9.17) is 14.2 Å². The van der Waals surface area contributed by atoms with E-state index in [1.54, 1.807) is 6.07 Å². The van der Waals surface area contributed by atoms with Crippen LogP contribution in [0.3, 0.4) is 0 Å². The molecule has 0 saturated carbocycles. The molecule has 2 N–H and O–H groups in total. The Bertz CT molecular complexity index is 611.